The summed E-state index contributed by atoms with van der Waals surface area (Å²) in [5, 5.41) is 3.22. The maximum atomic E-state index is 13.1. The van der Waals surface area contributed by atoms with E-state index in [0.717, 1.165) is 38.5 Å². The molecule has 6 saturated carbocycles. The quantitative estimate of drug-likeness (QED) is 0.0551. The Kier molecular flexibility index (Phi) is 17.5. The van der Waals surface area contributed by atoms with Gasteiger partial charge < -0.3 is 33.7 Å². The molecule has 0 saturated heterocycles. The summed E-state index contributed by atoms with van der Waals surface area (Å²) in [4.78, 5) is 75.3. The van der Waals surface area contributed by atoms with Crippen LogP contribution in [0.3, 0.4) is 0 Å². The van der Waals surface area contributed by atoms with Crippen LogP contribution in [0.25, 0.3) is 0 Å². The van der Waals surface area contributed by atoms with Crippen molar-refractivity contribution in [3.63, 3.8) is 0 Å². The van der Waals surface area contributed by atoms with Crippen molar-refractivity contribution in [2.45, 2.75) is 153 Å². The molecule has 0 bridgehead atoms. The number of esters is 5. The number of hydrogen-bond donors (Lipinski definition) is 1. The first kappa shape index (κ1) is 44.3. The zero-order chi connectivity index (χ0) is 40.7. The zero-order valence-corrected chi connectivity index (χ0v) is 34.6. The highest BCUT2D eigenvalue weighted by Crippen LogP contribution is 2.47. The van der Waals surface area contributed by atoms with E-state index in [1.807, 2.05) is 0 Å². The van der Waals surface area contributed by atoms with Gasteiger partial charge >= 0.3 is 29.8 Å². The van der Waals surface area contributed by atoms with Crippen molar-refractivity contribution < 1.29 is 57.2 Å². The standard InChI is InChI=1S/C45H69NO12/c47-29-53-25-39(26-54-43(50)36-19-30-9-1-2-10-31(30)20-36)57-41(48)15-7-17-46-18-8-16-42(49)58-40(27-55-44(51)37-21-32-11-3-4-12-33(32)22-37)28-56-45(52)38-23-34-13-5-6-14-35(34)24-38/h29-40,46H,1-28H2. The molecule has 0 aromatic carbocycles. The summed E-state index contributed by atoms with van der Waals surface area (Å²) in [7, 11) is 0. The fourth-order valence-electron chi connectivity index (χ4n) is 11.4. The molecule has 58 heavy (non-hydrogen) atoms. The number of carbonyl (C=O) groups excluding carboxylic acids is 6. The third kappa shape index (κ3) is 13.4. The predicted octanol–water partition coefficient (Wildman–Crippen LogP) is 6.41. The molecule has 0 spiro atoms. The van der Waals surface area contributed by atoms with Crippen LogP contribution < -0.4 is 5.32 Å². The van der Waals surface area contributed by atoms with Crippen molar-refractivity contribution in [2.75, 3.05) is 39.5 Å². The number of nitrogens with one attached hydrogen (secondary N) is 1. The van der Waals surface area contributed by atoms with E-state index in [9.17, 15) is 28.8 Å². The first-order chi connectivity index (χ1) is 28.2. The topological polar surface area (TPSA) is 170 Å². The second-order valence-corrected chi connectivity index (χ2v) is 18.4. The highest BCUT2D eigenvalue weighted by Gasteiger charge is 2.42. The van der Waals surface area contributed by atoms with E-state index in [4.69, 9.17) is 28.4 Å². The molecule has 7 atom stereocenters. The first-order valence-electron chi connectivity index (χ1n) is 22.9. The third-order valence-electron chi connectivity index (χ3n) is 14.4. The van der Waals surface area contributed by atoms with Gasteiger partial charge in [-0.05, 0) is 100.0 Å². The van der Waals surface area contributed by atoms with E-state index in [1.54, 1.807) is 0 Å². The van der Waals surface area contributed by atoms with Gasteiger partial charge in [-0.25, -0.2) is 0 Å². The van der Waals surface area contributed by atoms with Gasteiger partial charge in [-0.15, -0.1) is 0 Å². The van der Waals surface area contributed by atoms with Gasteiger partial charge in [0.05, 0.1) is 17.8 Å². The molecule has 0 aromatic heterocycles. The Morgan fingerprint density at radius 1 is 0.483 bits per heavy atom. The molecule has 0 aromatic rings. The molecule has 0 heterocycles. The zero-order valence-electron chi connectivity index (χ0n) is 34.6. The molecule has 0 radical (unpaired) electrons. The highest BCUT2D eigenvalue weighted by molar-refractivity contribution is 5.74. The van der Waals surface area contributed by atoms with Crippen LogP contribution >= 0.6 is 0 Å². The lowest BCUT2D eigenvalue weighted by Gasteiger charge is -2.24. The summed E-state index contributed by atoms with van der Waals surface area (Å²) in [5.74, 6) is 1.44. The van der Waals surface area contributed by atoms with Gasteiger partial charge in [0.15, 0.2) is 12.2 Å². The van der Waals surface area contributed by atoms with E-state index in [2.05, 4.69) is 5.32 Å². The lowest BCUT2D eigenvalue weighted by molar-refractivity contribution is -0.169. The molecule has 7 unspecified atom stereocenters. The molecule has 1 N–H and O–H groups in total. The molecule has 13 heteroatoms. The smallest absolute Gasteiger partial charge is 0.309 e. The Bertz CT molecular complexity index is 1280. The predicted molar refractivity (Wildman–Crippen MR) is 211 cm³/mol. The number of carbonyl (C=O) groups is 6. The fourth-order valence-corrected chi connectivity index (χ4v) is 11.4. The molecule has 13 nitrogen and oxygen atoms in total. The molecule has 0 amide bonds. The van der Waals surface area contributed by atoms with Crippen LogP contribution in [-0.4, -0.2) is 88.0 Å². The summed E-state index contributed by atoms with van der Waals surface area (Å²) in [6, 6.07) is 0. The minimum absolute atomic E-state index is 0.107. The largest absolute Gasteiger partial charge is 0.464 e. The van der Waals surface area contributed by atoms with Crippen LogP contribution in [0.5, 0.6) is 0 Å². The molecule has 0 aliphatic heterocycles. The monoisotopic (exact) mass is 815 g/mol. The molecule has 6 aliphatic carbocycles. The summed E-state index contributed by atoms with van der Waals surface area (Å²) < 4.78 is 33.0. The lowest BCUT2D eigenvalue weighted by Crippen LogP contribution is -2.33. The van der Waals surface area contributed by atoms with Gasteiger partial charge in [0.25, 0.3) is 6.47 Å². The van der Waals surface area contributed by atoms with Gasteiger partial charge in [-0.3, -0.25) is 28.8 Å². The first-order valence-corrected chi connectivity index (χ1v) is 22.9. The lowest BCUT2D eigenvalue weighted by atomic mass is 9.82. The van der Waals surface area contributed by atoms with Crippen LogP contribution in [0.15, 0.2) is 0 Å². The van der Waals surface area contributed by atoms with Crippen molar-refractivity contribution in [1.82, 2.24) is 5.32 Å². The van der Waals surface area contributed by atoms with Crippen molar-refractivity contribution in [3.8, 4) is 0 Å². The average molecular weight is 816 g/mol. The van der Waals surface area contributed by atoms with E-state index in [-0.39, 0.29) is 81.4 Å². The third-order valence-corrected chi connectivity index (χ3v) is 14.4. The number of ether oxygens (including phenoxy) is 6. The van der Waals surface area contributed by atoms with Crippen LogP contribution in [0.4, 0.5) is 0 Å². The summed E-state index contributed by atoms with van der Waals surface area (Å²) in [6.07, 6.45) is 18.9. The van der Waals surface area contributed by atoms with Crippen molar-refractivity contribution in [2.24, 2.45) is 53.3 Å². The van der Waals surface area contributed by atoms with E-state index >= 15 is 0 Å². The number of fused-ring (bicyclic) bond motifs is 3. The molecular weight excluding hydrogens is 746 g/mol. The minimum Gasteiger partial charge on any atom is -0.464 e. The average Bonchev–Trinajstić information content (AvgIpc) is 3.99. The van der Waals surface area contributed by atoms with Crippen LogP contribution in [0.1, 0.15) is 141 Å². The number of hydrogen-bond acceptors (Lipinski definition) is 13. The normalized spacial score (nSPS) is 31.1. The van der Waals surface area contributed by atoms with E-state index in [0.29, 0.717) is 61.4 Å². The van der Waals surface area contributed by atoms with Crippen molar-refractivity contribution in [1.29, 1.82) is 0 Å². The molecule has 6 aliphatic rings. The maximum Gasteiger partial charge on any atom is 0.309 e. The summed E-state index contributed by atoms with van der Waals surface area (Å²) >= 11 is 0. The Morgan fingerprint density at radius 3 is 1.10 bits per heavy atom. The summed E-state index contributed by atoms with van der Waals surface area (Å²) in [6.45, 7) is 0.644. The Labute approximate surface area is 344 Å². The maximum absolute atomic E-state index is 13.1. The van der Waals surface area contributed by atoms with Crippen molar-refractivity contribution in [3.05, 3.63) is 0 Å². The Morgan fingerprint density at radius 2 is 0.793 bits per heavy atom. The molecule has 6 fully saturated rings. The second-order valence-electron chi connectivity index (χ2n) is 18.4. The van der Waals surface area contributed by atoms with Crippen LogP contribution in [0, 0.1) is 53.3 Å². The Hall–Kier alpha value is -3.22. The summed E-state index contributed by atoms with van der Waals surface area (Å²) in [5.41, 5.74) is 0. The van der Waals surface area contributed by atoms with Gasteiger partial charge in [0.1, 0.15) is 26.4 Å². The van der Waals surface area contributed by atoms with Gasteiger partial charge in [0, 0.05) is 12.8 Å². The molecule has 326 valence electrons. The van der Waals surface area contributed by atoms with Gasteiger partial charge in [-0.1, -0.05) is 77.0 Å². The van der Waals surface area contributed by atoms with Crippen LogP contribution in [-0.2, 0) is 57.2 Å². The van der Waals surface area contributed by atoms with Gasteiger partial charge in [0.2, 0.25) is 0 Å². The Balaban J connectivity index is 0.860. The van der Waals surface area contributed by atoms with E-state index < -0.39 is 24.1 Å². The fraction of sp³-hybridized carbons (Fsp3) is 0.867. The van der Waals surface area contributed by atoms with Gasteiger partial charge in [-0.2, -0.15) is 0 Å². The van der Waals surface area contributed by atoms with Crippen LogP contribution in [0.2, 0.25) is 0 Å². The van der Waals surface area contributed by atoms with Crippen molar-refractivity contribution >= 4 is 36.3 Å². The van der Waals surface area contributed by atoms with E-state index in [1.165, 1.54) is 77.0 Å². The molecular formula is C45H69NO12. The SMILES string of the molecule is O=COCC(COC(=O)C1CC2CCCCC2C1)OC(=O)CCCNCCCC(=O)OC(COC(=O)C1CC2CCCCC2C1)COC(=O)C1CC2CCCCC2C1. The molecule has 6 rings (SSSR count). The number of rotatable bonds is 22. The second kappa shape index (κ2) is 23.0. The highest BCUT2D eigenvalue weighted by atomic mass is 16.6. The minimum atomic E-state index is -0.876.